The van der Waals surface area contributed by atoms with Crippen LogP contribution in [0.25, 0.3) is 0 Å². The smallest absolute Gasteiger partial charge is 0.242 e. The third-order valence-corrected chi connectivity index (χ3v) is 4.22. The molecule has 1 aromatic rings. The molecule has 0 aromatic carbocycles. The van der Waals surface area contributed by atoms with Gasteiger partial charge >= 0.3 is 0 Å². The standard InChI is InChI=1S/C17H29N3O/c1-5-9-18-17(13(2)3)14-8-10-20(11-14)12-16(21)19(4)15-6-7-15/h8,10-11,13,15,17-18H,5-7,9,12H2,1-4H3. The summed E-state index contributed by atoms with van der Waals surface area (Å²) in [6.07, 6.45) is 7.60. The molecule has 1 aliphatic carbocycles. The Balaban J connectivity index is 1.96. The molecule has 0 spiro atoms. The molecule has 0 radical (unpaired) electrons. The maximum Gasteiger partial charge on any atom is 0.242 e. The van der Waals surface area contributed by atoms with Crippen LogP contribution in [0, 0.1) is 5.92 Å². The largest absolute Gasteiger partial charge is 0.345 e. The first-order chi connectivity index (χ1) is 10.0. The molecule has 4 heteroatoms. The fourth-order valence-corrected chi connectivity index (χ4v) is 2.71. The maximum atomic E-state index is 12.2. The van der Waals surface area contributed by atoms with E-state index in [1.165, 1.54) is 5.56 Å². The lowest BCUT2D eigenvalue weighted by molar-refractivity contribution is -0.131. The van der Waals surface area contributed by atoms with E-state index in [4.69, 9.17) is 0 Å². The lowest BCUT2D eigenvalue weighted by atomic mass is 9.98. The van der Waals surface area contributed by atoms with Crippen LogP contribution in [0.1, 0.15) is 51.6 Å². The van der Waals surface area contributed by atoms with Crippen molar-refractivity contribution in [1.29, 1.82) is 0 Å². The zero-order chi connectivity index (χ0) is 15.4. The van der Waals surface area contributed by atoms with Gasteiger partial charge in [0.15, 0.2) is 0 Å². The summed E-state index contributed by atoms with van der Waals surface area (Å²) >= 11 is 0. The van der Waals surface area contributed by atoms with Crippen molar-refractivity contribution in [2.75, 3.05) is 13.6 Å². The highest BCUT2D eigenvalue weighted by Gasteiger charge is 2.29. The Morgan fingerprint density at radius 3 is 2.76 bits per heavy atom. The number of nitrogens with zero attached hydrogens (tertiary/aromatic N) is 2. The zero-order valence-corrected chi connectivity index (χ0v) is 13.8. The summed E-state index contributed by atoms with van der Waals surface area (Å²) in [5, 5.41) is 3.59. The Morgan fingerprint density at radius 2 is 2.19 bits per heavy atom. The maximum absolute atomic E-state index is 12.2. The van der Waals surface area contributed by atoms with Crippen LogP contribution >= 0.6 is 0 Å². The quantitative estimate of drug-likeness (QED) is 0.799. The summed E-state index contributed by atoms with van der Waals surface area (Å²) in [4.78, 5) is 14.1. The van der Waals surface area contributed by atoms with E-state index in [0.29, 0.717) is 24.5 Å². The van der Waals surface area contributed by atoms with Crippen LogP contribution in [-0.4, -0.2) is 35.0 Å². The van der Waals surface area contributed by atoms with Gasteiger partial charge in [-0.05, 0) is 43.4 Å². The van der Waals surface area contributed by atoms with Crippen molar-refractivity contribution in [3.05, 3.63) is 24.0 Å². The number of nitrogens with one attached hydrogen (secondary N) is 1. The number of hydrogen-bond acceptors (Lipinski definition) is 2. The van der Waals surface area contributed by atoms with Gasteiger partial charge < -0.3 is 14.8 Å². The van der Waals surface area contributed by atoms with Crippen molar-refractivity contribution >= 4 is 5.91 Å². The summed E-state index contributed by atoms with van der Waals surface area (Å²) in [6.45, 7) is 8.12. The molecule has 0 saturated heterocycles. The highest BCUT2D eigenvalue weighted by molar-refractivity contribution is 5.76. The minimum atomic E-state index is 0.210. The fraction of sp³-hybridized carbons (Fsp3) is 0.706. The highest BCUT2D eigenvalue weighted by Crippen LogP contribution is 2.26. The molecule has 1 saturated carbocycles. The van der Waals surface area contributed by atoms with Gasteiger partial charge in [-0.25, -0.2) is 0 Å². The molecular formula is C17H29N3O. The Labute approximate surface area is 128 Å². The van der Waals surface area contributed by atoms with Crippen LogP contribution in [0.3, 0.4) is 0 Å². The first-order valence-corrected chi connectivity index (χ1v) is 8.17. The van der Waals surface area contributed by atoms with Crippen molar-refractivity contribution in [1.82, 2.24) is 14.8 Å². The predicted octanol–water partition coefficient (Wildman–Crippen LogP) is 2.81. The average molecular weight is 291 g/mol. The van der Waals surface area contributed by atoms with Crippen LogP contribution in [0.5, 0.6) is 0 Å². The van der Waals surface area contributed by atoms with Crippen LogP contribution in [-0.2, 0) is 11.3 Å². The van der Waals surface area contributed by atoms with Gasteiger partial charge in [0.05, 0.1) is 0 Å². The molecule has 1 heterocycles. The van der Waals surface area contributed by atoms with Crippen molar-refractivity contribution in [2.24, 2.45) is 5.92 Å². The van der Waals surface area contributed by atoms with Crippen LogP contribution in [0.4, 0.5) is 0 Å². The molecule has 2 rings (SSSR count). The summed E-state index contributed by atoms with van der Waals surface area (Å²) in [7, 11) is 1.92. The minimum Gasteiger partial charge on any atom is -0.345 e. The Kier molecular flexibility index (Phi) is 5.45. The lowest BCUT2D eigenvalue weighted by Crippen LogP contribution is -2.31. The third kappa shape index (κ3) is 4.34. The van der Waals surface area contributed by atoms with Crippen molar-refractivity contribution in [3.63, 3.8) is 0 Å². The molecule has 1 aliphatic rings. The predicted molar refractivity (Wildman–Crippen MR) is 86.1 cm³/mol. The summed E-state index contributed by atoms with van der Waals surface area (Å²) in [5.74, 6) is 0.750. The Bertz CT molecular complexity index is 462. The van der Waals surface area contributed by atoms with Crippen LogP contribution < -0.4 is 5.32 Å². The third-order valence-electron chi connectivity index (χ3n) is 4.22. The van der Waals surface area contributed by atoms with Crippen LogP contribution in [0.2, 0.25) is 0 Å². The number of carbonyl (C=O) groups is 1. The fourth-order valence-electron chi connectivity index (χ4n) is 2.71. The van der Waals surface area contributed by atoms with Crippen LogP contribution in [0.15, 0.2) is 18.5 Å². The first kappa shape index (κ1) is 16.1. The second-order valence-corrected chi connectivity index (χ2v) is 6.53. The normalized spacial score (nSPS) is 16.2. The second-order valence-electron chi connectivity index (χ2n) is 6.53. The van der Waals surface area contributed by atoms with Gasteiger partial charge in [0.1, 0.15) is 6.54 Å². The van der Waals surface area contributed by atoms with Gasteiger partial charge in [0.25, 0.3) is 0 Å². The molecule has 1 fully saturated rings. The van der Waals surface area contributed by atoms with Gasteiger partial charge in [0, 0.05) is 31.5 Å². The lowest BCUT2D eigenvalue weighted by Gasteiger charge is -2.21. The molecular weight excluding hydrogens is 262 g/mol. The van der Waals surface area contributed by atoms with E-state index < -0.39 is 0 Å². The van der Waals surface area contributed by atoms with Gasteiger partial charge in [0.2, 0.25) is 5.91 Å². The molecule has 0 aliphatic heterocycles. The number of carbonyl (C=O) groups excluding carboxylic acids is 1. The van der Waals surface area contributed by atoms with Gasteiger partial charge in [-0.15, -0.1) is 0 Å². The molecule has 0 bridgehead atoms. The minimum absolute atomic E-state index is 0.210. The molecule has 1 aromatic heterocycles. The summed E-state index contributed by atoms with van der Waals surface area (Å²) in [5.41, 5.74) is 1.28. The summed E-state index contributed by atoms with van der Waals surface area (Å²) < 4.78 is 2.01. The average Bonchev–Trinajstić information content (AvgIpc) is 3.19. The zero-order valence-electron chi connectivity index (χ0n) is 13.8. The number of rotatable bonds is 8. The van der Waals surface area contributed by atoms with E-state index in [2.05, 4.69) is 38.4 Å². The highest BCUT2D eigenvalue weighted by atomic mass is 16.2. The van der Waals surface area contributed by atoms with E-state index in [1.807, 2.05) is 22.7 Å². The molecule has 118 valence electrons. The topological polar surface area (TPSA) is 37.3 Å². The van der Waals surface area contributed by atoms with Crippen molar-refractivity contribution in [2.45, 2.75) is 58.7 Å². The number of likely N-dealkylation sites (N-methyl/N-ethyl adjacent to an activating group) is 1. The van der Waals surface area contributed by atoms with Gasteiger partial charge in [-0.3, -0.25) is 4.79 Å². The van der Waals surface area contributed by atoms with Crippen molar-refractivity contribution < 1.29 is 4.79 Å². The monoisotopic (exact) mass is 291 g/mol. The van der Waals surface area contributed by atoms with Gasteiger partial charge in [-0.1, -0.05) is 20.8 Å². The number of aromatic nitrogens is 1. The van der Waals surface area contributed by atoms with E-state index in [0.717, 1.165) is 25.8 Å². The SMILES string of the molecule is CCCNC(c1ccn(CC(=O)N(C)C2CC2)c1)C(C)C. The molecule has 1 unspecified atom stereocenters. The Hall–Kier alpha value is -1.29. The van der Waals surface area contributed by atoms with E-state index in [1.54, 1.807) is 0 Å². The molecule has 1 amide bonds. The molecule has 4 nitrogen and oxygen atoms in total. The number of hydrogen-bond donors (Lipinski definition) is 1. The van der Waals surface area contributed by atoms with Gasteiger partial charge in [-0.2, -0.15) is 0 Å². The second kappa shape index (κ2) is 7.12. The summed E-state index contributed by atoms with van der Waals surface area (Å²) in [6, 6.07) is 2.99. The molecule has 1 atom stereocenters. The Morgan fingerprint density at radius 1 is 1.48 bits per heavy atom. The molecule has 1 N–H and O–H groups in total. The van der Waals surface area contributed by atoms with Crippen molar-refractivity contribution in [3.8, 4) is 0 Å². The number of amides is 1. The van der Waals surface area contributed by atoms with E-state index in [-0.39, 0.29) is 5.91 Å². The van der Waals surface area contributed by atoms with E-state index >= 15 is 0 Å². The van der Waals surface area contributed by atoms with E-state index in [9.17, 15) is 4.79 Å². The molecule has 21 heavy (non-hydrogen) atoms. The first-order valence-electron chi connectivity index (χ1n) is 8.17.